The Kier molecular flexibility index (Phi) is 5.58. The van der Waals surface area contributed by atoms with Gasteiger partial charge in [0.05, 0.1) is 17.6 Å². The van der Waals surface area contributed by atoms with Crippen molar-refractivity contribution < 1.29 is 24.0 Å². The fourth-order valence-electron chi connectivity index (χ4n) is 3.12. The van der Waals surface area contributed by atoms with Gasteiger partial charge in [0.1, 0.15) is 11.5 Å². The number of carbonyl (C=O) groups excluding carboxylic acids is 2. The van der Waals surface area contributed by atoms with Crippen molar-refractivity contribution in [3.8, 4) is 11.5 Å². The van der Waals surface area contributed by atoms with Gasteiger partial charge in [-0.05, 0) is 30.2 Å². The van der Waals surface area contributed by atoms with Crippen molar-refractivity contribution in [3.05, 3.63) is 63.7 Å². The molecule has 0 aromatic heterocycles. The first kappa shape index (κ1) is 19.3. The summed E-state index contributed by atoms with van der Waals surface area (Å²) in [5.74, 6) is 0.636. The third-order valence-electron chi connectivity index (χ3n) is 4.53. The van der Waals surface area contributed by atoms with Crippen molar-refractivity contribution in [2.45, 2.75) is 19.9 Å². The number of esters is 1. The maximum Gasteiger partial charge on any atom is 0.337 e. The molecule has 146 valence electrons. The van der Waals surface area contributed by atoms with Crippen LogP contribution in [0.1, 0.15) is 29.3 Å². The molecule has 28 heavy (non-hydrogen) atoms. The molecule has 1 fully saturated rings. The first-order valence-electron chi connectivity index (χ1n) is 8.78. The van der Waals surface area contributed by atoms with Crippen LogP contribution >= 0.6 is 0 Å². The number of benzene rings is 2. The zero-order chi connectivity index (χ0) is 20.3. The molecule has 2 aromatic carbocycles. The zero-order valence-corrected chi connectivity index (χ0v) is 15.6. The van der Waals surface area contributed by atoms with Crippen molar-refractivity contribution >= 4 is 17.6 Å². The molecule has 1 aliphatic heterocycles. The molecule has 0 radical (unpaired) electrons. The number of likely N-dealkylation sites (tertiary alicyclic amines) is 1. The summed E-state index contributed by atoms with van der Waals surface area (Å²) in [5.41, 5.74) is 0.991. The number of carbonyl (C=O) groups is 2. The fourth-order valence-corrected chi connectivity index (χ4v) is 3.12. The summed E-state index contributed by atoms with van der Waals surface area (Å²) in [7, 11) is 1.29. The van der Waals surface area contributed by atoms with Gasteiger partial charge in [-0.15, -0.1) is 0 Å². The van der Waals surface area contributed by atoms with E-state index in [4.69, 9.17) is 9.47 Å². The third kappa shape index (κ3) is 4.28. The molecule has 0 N–H and O–H groups in total. The predicted octanol–water partition coefficient (Wildman–Crippen LogP) is 3.54. The van der Waals surface area contributed by atoms with Gasteiger partial charge in [-0.1, -0.05) is 13.0 Å². The molecule has 2 aromatic rings. The number of nitrogens with zero attached hydrogens (tertiary/aromatic N) is 2. The molecular formula is C20H20N2O6. The molecule has 0 bridgehead atoms. The van der Waals surface area contributed by atoms with Crippen molar-refractivity contribution in [2.24, 2.45) is 5.92 Å². The number of methoxy groups -OCH3 is 1. The maximum atomic E-state index is 12.1. The highest BCUT2D eigenvalue weighted by Gasteiger charge is 2.27. The van der Waals surface area contributed by atoms with Gasteiger partial charge in [-0.3, -0.25) is 14.9 Å². The minimum Gasteiger partial charge on any atom is -0.465 e. The third-order valence-corrected chi connectivity index (χ3v) is 4.53. The van der Waals surface area contributed by atoms with Gasteiger partial charge in [-0.2, -0.15) is 0 Å². The lowest BCUT2D eigenvalue weighted by molar-refractivity contribution is -0.384. The van der Waals surface area contributed by atoms with E-state index in [0.29, 0.717) is 42.5 Å². The molecule has 3 rings (SSSR count). The number of nitro groups is 1. The summed E-state index contributed by atoms with van der Waals surface area (Å²) >= 11 is 0. The Hall–Kier alpha value is -3.42. The second-order valence-corrected chi connectivity index (χ2v) is 6.75. The standard InChI is InChI=1S/C20H20N2O6/c1-13-9-19(23)21(11-13)12-15-4-3-14(20(24)27-2)10-18(15)28-17-7-5-16(6-8-17)22(25)26/h3-8,10,13H,9,11-12H2,1-2H3/t13-/m0/s1. The molecule has 1 saturated heterocycles. The highest BCUT2D eigenvalue weighted by Crippen LogP contribution is 2.30. The van der Waals surface area contributed by atoms with Gasteiger partial charge in [0.15, 0.2) is 0 Å². The quantitative estimate of drug-likeness (QED) is 0.429. The number of non-ortho nitro benzene ring substituents is 1. The number of amides is 1. The molecule has 0 spiro atoms. The van der Waals surface area contributed by atoms with Crippen LogP contribution in [0.25, 0.3) is 0 Å². The number of hydrogen-bond donors (Lipinski definition) is 0. The summed E-state index contributed by atoms with van der Waals surface area (Å²) in [4.78, 5) is 36.1. The molecule has 8 heteroatoms. The van der Waals surface area contributed by atoms with E-state index in [1.807, 2.05) is 6.92 Å². The van der Waals surface area contributed by atoms with Crippen LogP contribution in [-0.2, 0) is 16.1 Å². The van der Waals surface area contributed by atoms with Gasteiger partial charge >= 0.3 is 5.97 Å². The van der Waals surface area contributed by atoms with E-state index < -0.39 is 10.9 Å². The molecule has 0 unspecified atom stereocenters. The van der Waals surface area contributed by atoms with Crippen molar-refractivity contribution in [1.29, 1.82) is 0 Å². The Bertz CT molecular complexity index is 909. The van der Waals surface area contributed by atoms with E-state index in [1.165, 1.54) is 31.4 Å². The molecule has 8 nitrogen and oxygen atoms in total. The Morgan fingerprint density at radius 3 is 2.54 bits per heavy atom. The van der Waals surface area contributed by atoms with E-state index in [2.05, 4.69) is 0 Å². The average Bonchev–Trinajstić information content (AvgIpc) is 2.99. The normalized spacial score (nSPS) is 16.1. The Morgan fingerprint density at radius 2 is 1.96 bits per heavy atom. The number of nitro benzene ring substituents is 1. The van der Waals surface area contributed by atoms with Crippen LogP contribution < -0.4 is 4.74 Å². The summed E-state index contributed by atoms with van der Waals surface area (Å²) in [5, 5.41) is 10.8. The lowest BCUT2D eigenvalue weighted by atomic mass is 10.1. The lowest BCUT2D eigenvalue weighted by Gasteiger charge is -2.19. The minimum atomic E-state index is -0.508. The number of ether oxygens (including phenoxy) is 2. The van der Waals surface area contributed by atoms with Crippen molar-refractivity contribution in [1.82, 2.24) is 4.90 Å². The second-order valence-electron chi connectivity index (χ2n) is 6.75. The largest absolute Gasteiger partial charge is 0.465 e. The molecule has 1 atom stereocenters. The van der Waals surface area contributed by atoms with E-state index in [0.717, 1.165) is 5.56 Å². The van der Waals surface area contributed by atoms with Crippen LogP contribution in [-0.4, -0.2) is 35.4 Å². The van der Waals surface area contributed by atoms with E-state index in [1.54, 1.807) is 23.1 Å². The monoisotopic (exact) mass is 384 g/mol. The number of rotatable bonds is 6. The Morgan fingerprint density at radius 1 is 1.25 bits per heavy atom. The van der Waals surface area contributed by atoms with Crippen molar-refractivity contribution in [3.63, 3.8) is 0 Å². The zero-order valence-electron chi connectivity index (χ0n) is 15.6. The molecule has 1 amide bonds. The van der Waals surface area contributed by atoms with Gasteiger partial charge in [0.25, 0.3) is 5.69 Å². The summed E-state index contributed by atoms with van der Waals surface area (Å²) in [6, 6.07) is 10.5. The first-order chi connectivity index (χ1) is 13.4. The smallest absolute Gasteiger partial charge is 0.337 e. The first-order valence-corrected chi connectivity index (χ1v) is 8.78. The maximum absolute atomic E-state index is 12.1. The van der Waals surface area contributed by atoms with E-state index in [9.17, 15) is 19.7 Å². The lowest BCUT2D eigenvalue weighted by Crippen LogP contribution is -2.24. The van der Waals surface area contributed by atoms with Crippen LogP contribution in [0.15, 0.2) is 42.5 Å². The summed E-state index contributed by atoms with van der Waals surface area (Å²) in [6.07, 6.45) is 0.513. The second kappa shape index (κ2) is 8.08. The average molecular weight is 384 g/mol. The summed E-state index contributed by atoms with van der Waals surface area (Å²) < 4.78 is 10.6. The van der Waals surface area contributed by atoms with Gasteiger partial charge in [0, 0.05) is 37.2 Å². The molecule has 1 aliphatic rings. The SMILES string of the molecule is COC(=O)c1ccc(CN2C[C@@H](C)CC2=O)c(Oc2ccc([N+](=O)[O-])cc2)c1. The van der Waals surface area contributed by atoms with Gasteiger partial charge in [0.2, 0.25) is 5.91 Å². The predicted molar refractivity (Wildman–Crippen MR) is 100 cm³/mol. The topological polar surface area (TPSA) is 99.0 Å². The Balaban J connectivity index is 1.89. The minimum absolute atomic E-state index is 0.0486. The van der Waals surface area contributed by atoms with Crippen LogP contribution in [0.4, 0.5) is 5.69 Å². The molecule has 1 heterocycles. The van der Waals surface area contributed by atoms with Crippen LogP contribution in [0.2, 0.25) is 0 Å². The van der Waals surface area contributed by atoms with Gasteiger partial charge < -0.3 is 14.4 Å². The fraction of sp³-hybridized carbons (Fsp3) is 0.300. The van der Waals surface area contributed by atoms with Crippen LogP contribution in [0.3, 0.4) is 0 Å². The van der Waals surface area contributed by atoms with Crippen molar-refractivity contribution in [2.75, 3.05) is 13.7 Å². The number of hydrogen-bond acceptors (Lipinski definition) is 6. The molecule has 0 aliphatic carbocycles. The van der Waals surface area contributed by atoms with Gasteiger partial charge in [-0.25, -0.2) is 4.79 Å². The highest BCUT2D eigenvalue weighted by molar-refractivity contribution is 5.90. The molecule has 0 saturated carbocycles. The van der Waals surface area contributed by atoms with Crippen LogP contribution in [0, 0.1) is 16.0 Å². The van der Waals surface area contributed by atoms with E-state index >= 15 is 0 Å². The van der Waals surface area contributed by atoms with E-state index in [-0.39, 0.29) is 11.6 Å². The Labute approximate surface area is 161 Å². The molecular weight excluding hydrogens is 364 g/mol. The van der Waals surface area contributed by atoms with Crippen LogP contribution in [0.5, 0.6) is 11.5 Å². The highest BCUT2D eigenvalue weighted by atomic mass is 16.6. The summed E-state index contributed by atoms with van der Waals surface area (Å²) in [6.45, 7) is 3.04.